The first-order valence-electron chi connectivity index (χ1n) is 6.28. The summed E-state index contributed by atoms with van der Waals surface area (Å²) in [6.45, 7) is 11.6. The molecular weight excluding hydrogens is 168 g/mol. The third kappa shape index (κ3) is 6.23. The van der Waals surface area contributed by atoms with Crippen molar-refractivity contribution < 1.29 is 0 Å². The van der Waals surface area contributed by atoms with Gasteiger partial charge in [0.05, 0.1) is 0 Å². The summed E-state index contributed by atoms with van der Waals surface area (Å²) >= 11 is 0. The minimum Gasteiger partial charge on any atom is -0.0883 e. The van der Waals surface area contributed by atoms with Crippen molar-refractivity contribution in [1.29, 1.82) is 0 Å². The summed E-state index contributed by atoms with van der Waals surface area (Å²) in [4.78, 5) is 0. The molecule has 84 valence electrons. The zero-order valence-corrected chi connectivity index (χ0v) is 10.7. The Labute approximate surface area is 90.8 Å². The smallest absolute Gasteiger partial charge is 0.0205 e. The molecule has 0 rings (SSSR count). The third-order valence-electron chi connectivity index (χ3n) is 2.96. The molecule has 0 spiro atoms. The largest absolute Gasteiger partial charge is 0.0883 e. The first kappa shape index (κ1) is 13.7. The van der Waals surface area contributed by atoms with E-state index in [4.69, 9.17) is 0 Å². The molecule has 0 heterocycles. The molecule has 0 bridgehead atoms. The SMILES string of the molecule is CCCC=CC(CC(C)C)C(C)CC. The van der Waals surface area contributed by atoms with Gasteiger partial charge in [-0.15, -0.1) is 0 Å². The Kier molecular flexibility index (Phi) is 7.93. The lowest BCUT2D eigenvalue weighted by atomic mass is 9.84. The molecule has 0 N–H and O–H groups in total. The van der Waals surface area contributed by atoms with Crippen molar-refractivity contribution in [3.05, 3.63) is 12.2 Å². The van der Waals surface area contributed by atoms with Crippen LogP contribution in [0, 0.1) is 17.8 Å². The molecular formula is C14H28. The maximum Gasteiger partial charge on any atom is -0.0205 e. The Morgan fingerprint density at radius 3 is 2.14 bits per heavy atom. The lowest BCUT2D eigenvalue weighted by Crippen LogP contribution is -2.11. The first-order chi connectivity index (χ1) is 6.61. The zero-order valence-electron chi connectivity index (χ0n) is 10.7. The van der Waals surface area contributed by atoms with Crippen molar-refractivity contribution in [3.8, 4) is 0 Å². The molecule has 0 aromatic rings. The molecule has 0 radical (unpaired) electrons. The molecule has 0 aliphatic carbocycles. The minimum atomic E-state index is 0.798. The lowest BCUT2D eigenvalue weighted by molar-refractivity contribution is 0.350. The fraction of sp³-hybridized carbons (Fsp3) is 0.857. The second-order valence-corrected chi connectivity index (χ2v) is 4.90. The van der Waals surface area contributed by atoms with E-state index < -0.39 is 0 Å². The standard InChI is InChI=1S/C14H28/c1-6-8-9-10-14(11-12(3)4)13(5)7-2/h9-10,12-14H,6-8,11H2,1-5H3. The van der Waals surface area contributed by atoms with E-state index in [1.165, 1.54) is 25.7 Å². The highest BCUT2D eigenvalue weighted by atomic mass is 14.2. The Balaban J connectivity index is 4.09. The zero-order chi connectivity index (χ0) is 11.0. The van der Waals surface area contributed by atoms with Crippen molar-refractivity contribution in [1.82, 2.24) is 0 Å². The topological polar surface area (TPSA) is 0 Å². The molecule has 0 aromatic carbocycles. The molecule has 0 saturated heterocycles. The van der Waals surface area contributed by atoms with Gasteiger partial charge in [-0.1, -0.05) is 59.6 Å². The maximum absolute atomic E-state index is 2.46. The number of rotatable bonds is 7. The second kappa shape index (κ2) is 8.08. The van der Waals surface area contributed by atoms with E-state index in [1.807, 2.05) is 0 Å². The van der Waals surface area contributed by atoms with Gasteiger partial charge in [0.25, 0.3) is 0 Å². The van der Waals surface area contributed by atoms with Crippen LogP contribution in [0.15, 0.2) is 12.2 Å². The Hall–Kier alpha value is -0.260. The monoisotopic (exact) mass is 196 g/mol. The van der Waals surface area contributed by atoms with Gasteiger partial charge in [0.2, 0.25) is 0 Å². The van der Waals surface area contributed by atoms with E-state index >= 15 is 0 Å². The number of hydrogen-bond acceptors (Lipinski definition) is 0. The van der Waals surface area contributed by atoms with E-state index in [0.717, 1.165) is 17.8 Å². The van der Waals surface area contributed by atoms with Crippen LogP contribution in [-0.4, -0.2) is 0 Å². The van der Waals surface area contributed by atoms with Crippen molar-refractivity contribution in [2.24, 2.45) is 17.8 Å². The summed E-state index contributed by atoms with van der Waals surface area (Å²) < 4.78 is 0. The van der Waals surface area contributed by atoms with Gasteiger partial charge in [-0.2, -0.15) is 0 Å². The van der Waals surface area contributed by atoms with Gasteiger partial charge in [0.1, 0.15) is 0 Å². The molecule has 0 heteroatoms. The Morgan fingerprint density at radius 1 is 1.07 bits per heavy atom. The summed E-state index contributed by atoms with van der Waals surface area (Å²) in [6.07, 6.45) is 9.98. The van der Waals surface area contributed by atoms with Gasteiger partial charge < -0.3 is 0 Å². The first-order valence-corrected chi connectivity index (χ1v) is 6.28. The molecule has 2 unspecified atom stereocenters. The Morgan fingerprint density at radius 2 is 1.71 bits per heavy atom. The van der Waals surface area contributed by atoms with Crippen LogP contribution in [0.3, 0.4) is 0 Å². The quantitative estimate of drug-likeness (QED) is 0.500. The van der Waals surface area contributed by atoms with Crippen LogP contribution >= 0.6 is 0 Å². The highest BCUT2D eigenvalue weighted by molar-refractivity contribution is 4.90. The average Bonchev–Trinajstić information content (AvgIpc) is 2.15. The van der Waals surface area contributed by atoms with Crippen LogP contribution in [-0.2, 0) is 0 Å². The summed E-state index contributed by atoms with van der Waals surface area (Å²) in [5, 5.41) is 0. The van der Waals surface area contributed by atoms with E-state index in [2.05, 4.69) is 46.8 Å². The van der Waals surface area contributed by atoms with E-state index in [0.29, 0.717) is 0 Å². The van der Waals surface area contributed by atoms with Crippen LogP contribution < -0.4 is 0 Å². The van der Waals surface area contributed by atoms with Crippen LogP contribution in [0.2, 0.25) is 0 Å². The molecule has 0 nitrogen and oxygen atoms in total. The average molecular weight is 196 g/mol. The van der Waals surface area contributed by atoms with Gasteiger partial charge in [0, 0.05) is 0 Å². The van der Waals surface area contributed by atoms with Gasteiger partial charge in [-0.25, -0.2) is 0 Å². The number of unbranched alkanes of at least 4 members (excludes halogenated alkanes) is 1. The minimum absolute atomic E-state index is 0.798. The van der Waals surface area contributed by atoms with Crippen LogP contribution in [0.1, 0.15) is 60.3 Å². The van der Waals surface area contributed by atoms with E-state index in [1.54, 1.807) is 0 Å². The highest BCUT2D eigenvalue weighted by Crippen LogP contribution is 2.24. The molecule has 0 fully saturated rings. The van der Waals surface area contributed by atoms with Crippen molar-refractivity contribution in [2.45, 2.75) is 60.3 Å². The Bertz CT molecular complexity index is 144. The lowest BCUT2D eigenvalue weighted by Gasteiger charge is -2.21. The molecule has 0 amide bonds. The molecule has 14 heavy (non-hydrogen) atoms. The highest BCUT2D eigenvalue weighted by Gasteiger charge is 2.13. The summed E-state index contributed by atoms with van der Waals surface area (Å²) in [5.74, 6) is 2.46. The maximum atomic E-state index is 2.46. The van der Waals surface area contributed by atoms with Crippen LogP contribution in [0.4, 0.5) is 0 Å². The summed E-state index contributed by atoms with van der Waals surface area (Å²) in [7, 11) is 0. The number of allylic oxidation sites excluding steroid dienone is 2. The van der Waals surface area contributed by atoms with Gasteiger partial charge >= 0.3 is 0 Å². The predicted octanol–water partition coefficient (Wildman–Crippen LogP) is 5.05. The van der Waals surface area contributed by atoms with Crippen molar-refractivity contribution in [2.75, 3.05) is 0 Å². The molecule has 0 aliphatic heterocycles. The van der Waals surface area contributed by atoms with Crippen LogP contribution in [0.25, 0.3) is 0 Å². The number of hydrogen-bond donors (Lipinski definition) is 0. The van der Waals surface area contributed by atoms with E-state index in [-0.39, 0.29) is 0 Å². The molecule has 0 saturated carbocycles. The molecule has 0 aliphatic rings. The fourth-order valence-electron chi connectivity index (χ4n) is 1.79. The van der Waals surface area contributed by atoms with Crippen molar-refractivity contribution in [3.63, 3.8) is 0 Å². The van der Waals surface area contributed by atoms with Gasteiger partial charge in [-0.3, -0.25) is 0 Å². The normalized spacial score (nSPS) is 16.4. The van der Waals surface area contributed by atoms with Gasteiger partial charge in [0.15, 0.2) is 0 Å². The van der Waals surface area contributed by atoms with Gasteiger partial charge in [-0.05, 0) is 30.6 Å². The predicted molar refractivity (Wildman–Crippen MR) is 66.4 cm³/mol. The van der Waals surface area contributed by atoms with Crippen LogP contribution in [0.5, 0.6) is 0 Å². The molecule has 2 atom stereocenters. The summed E-state index contributed by atoms with van der Waals surface area (Å²) in [6, 6.07) is 0. The molecule has 0 aromatic heterocycles. The van der Waals surface area contributed by atoms with E-state index in [9.17, 15) is 0 Å². The third-order valence-corrected chi connectivity index (χ3v) is 2.96. The summed E-state index contributed by atoms with van der Waals surface area (Å²) in [5.41, 5.74) is 0. The second-order valence-electron chi connectivity index (χ2n) is 4.90. The van der Waals surface area contributed by atoms with Crippen molar-refractivity contribution >= 4 is 0 Å². The fourth-order valence-corrected chi connectivity index (χ4v) is 1.79.